The van der Waals surface area contributed by atoms with Gasteiger partial charge in [-0.1, -0.05) is 11.6 Å². The zero-order valence-corrected chi connectivity index (χ0v) is 12.1. The average Bonchev–Trinajstić information content (AvgIpc) is 2.92. The molecule has 104 valence electrons. The molecule has 1 aromatic heterocycles. The van der Waals surface area contributed by atoms with E-state index < -0.39 is 4.92 Å². The van der Waals surface area contributed by atoms with Gasteiger partial charge in [0.25, 0.3) is 11.6 Å². The summed E-state index contributed by atoms with van der Waals surface area (Å²) in [7, 11) is 0. The summed E-state index contributed by atoms with van der Waals surface area (Å²) in [5, 5.41) is 17.5. The summed E-state index contributed by atoms with van der Waals surface area (Å²) in [6, 6.07) is 5.75. The number of thiophene rings is 1. The summed E-state index contributed by atoms with van der Waals surface area (Å²) in [6.45, 7) is 1.85. The number of nitro benzene ring substituents is 1. The van der Waals surface area contributed by atoms with Gasteiger partial charge in [0.1, 0.15) is 5.02 Å². The number of nitrogens with one attached hydrogen (secondary N) is 1. The zero-order valence-electron chi connectivity index (χ0n) is 10.5. The average molecular weight is 311 g/mol. The summed E-state index contributed by atoms with van der Waals surface area (Å²) in [4.78, 5) is 22.2. The Balaban J connectivity index is 2.17. The van der Waals surface area contributed by atoms with Crippen molar-refractivity contribution in [1.82, 2.24) is 5.32 Å². The number of amides is 1. The maximum atomic E-state index is 12.1. The lowest BCUT2D eigenvalue weighted by atomic mass is 10.1. The highest BCUT2D eigenvalue weighted by molar-refractivity contribution is 7.07. The van der Waals surface area contributed by atoms with Crippen LogP contribution in [0.1, 0.15) is 28.9 Å². The standard InChI is InChI=1S/C13H11ClN2O3S/c1-8(10-4-5-20-7-10)15-13(17)9-2-3-11(14)12(6-9)16(18)19/h2-8H,1H3,(H,15,17). The highest BCUT2D eigenvalue weighted by atomic mass is 35.5. The second-order valence-electron chi connectivity index (χ2n) is 4.18. The number of carbonyl (C=O) groups is 1. The second-order valence-corrected chi connectivity index (χ2v) is 5.36. The minimum absolute atomic E-state index is 0.0115. The van der Waals surface area contributed by atoms with E-state index in [0.717, 1.165) is 5.56 Å². The number of carbonyl (C=O) groups excluding carboxylic acids is 1. The van der Waals surface area contributed by atoms with Crippen molar-refractivity contribution in [1.29, 1.82) is 0 Å². The smallest absolute Gasteiger partial charge is 0.288 e. The molecule has 1 aromatic carbocycles. The Morgan fingerprint density at radius 3 is 2.80 bits per heavy atom. The van der Waals surface area contributed by atoms with E-state index in [1.54, 1.807) is 11.3 Å². The fraction of sp³-hybridized carbons (Fsp3) is 0.154. The minimum atomic E-state index is -0.610. The fourth-order valence-corrected chi connectivity index (χ4v) is 2.62. The van der Waals surface area contributed by atoms with Gasteiger partial charge in [-0.15, -0.1) is 0 Å². The number of hydrogen-bond acceptors (Lipinski definition) is 4. The Labute approximate surface area is 124 Å². The predicted molar refractivity (Wildman–Crippen MR) is 78.3 cm³/mol. The van der Waals surface area contributed by atoms with Crippen molar-refractivity contribution in [2.45, 2.75) is 13.0 Å². The lowest BCUT2D eigenvalue weighted by Gasteiger charge is -2.12. The van der Waals surface area contributed by atoms with Crippen molar-refractivity contribution in [2.24, 2.45) is 0 Å². The summed E-state index contributed by atoms with van der Waals surface area (Å²) in [5.74, 6) is -0.372. The predicted octanol–water partition coefficient (Wildman–Crippen LogP) is 3.80. The van der Waals surface area contributed by atoms with E-state index in [0.29, 0.717) is 0 Å². The zero-order chi connectivity index (χ0) is 14.7. The molecule has 20 heavy (non-hydrogen) atoms. The molecule has 0 saturated heterocycles. The molecule has 1 N–H and O–H groups in total. The van der Waals surface area contributed by atoms with Crippen molar-refractivity contribution >= 4 is 34.5 Å². The number of nitrogens with zero attached hydrogens (tertiary/aromatic N) is 1. The first-order valence-corrected chi connectivity index (χ1v) is 7.08. The molecule has 0 fully saturated rings. The van der Waals surface area contributed by atoms with Gasteiger partial charge >= 0.3 is 0 Å². The third-order valence-corrected chi connectivity index (χ3v) is 3.82. The van der Waals surface area contributed by atoms with Crippen LogP contribution in [-0.4, -0.2) is 10.8 Å². The Morgan fingerprint density at radius 2 is 2.20 bits per heavy atom. The van der Waals surface area contributed by atoms with Gasteiger partial charge in [0.15, 0.2) is 0 Å². The number of benzene rings is 1. The molecular formula is C13H11ClN2O3S. The van der Waals surface area contributed by atoms with Crippen molar-refractivity contribution in [2.75, 3.05) is 0 Å². The van der Waals surface area contributed by atoms with Crippen LogP contribution in [0.25, 0.3) is 0 Å². The maximum absolute atomic E-state index is 12.1. The van der Waals surface area contributed by atoms with Crippen LogP contribution in [0, 0.1) is 10.1 Å². The van der Waals surface area contributed by atoms with Crippen LogP contribution in [0.5, 0.6) is 0 Å². The molecule has 1 amide bonds. The molecule has 1 heterocycles. The molecule has 1 atom stereocenters. The van der Waals surface area contributed by atoms with E-state index in [2.05, 4.69) is 5.32 Å². The summed E-state index contributed by atoms with van der Waals surface area (Å²) < 4.78 is 0. The quantitative estimate of drug-likeness (QED) is 0.689. The molecule has 0 radical (unpaired) electrons. The lowest BCUT2D eigenvalue weighted by molar-refractivity contribution is -0.384. The molecule has 7 heteroatoms. The van der Waals surface area contributed by atoms with Crippen LogP contribution in [-0.2, 0) is 0 Å². The molecule has 0 aliphatic rings. The molecule has 0 aliphatic heterocycles. The lowest BCUT2D eigenvalue weighted by Crippen LogP contribution is -2.26. The number of halogens is 1. The molecule has 2 aromatic rings. The highest BCUT2D eigenvalue weighted by Gasteiger charge is 2.17. The topological polar surface area (TPSA) is 72.2 Å². The second kappa shape index (κ2) is 6.02. The highest BCUT2D eigenvalue weighted by Crippen LogP contribution is 2.25. The number of hydrogen-bond donors (Lipinski definition) is 1. The summed E-state index contributed by atoms with van der Waals surface area (Å²) in [6.07, 6.45) is 0. The van der Waals surface area contributed by atoms with Gasteiger partial charge < -0.3 is 5.32 Å². The molecule has 1 unspecified atom stereocenters. The summed E-state index contributed by atoms with van der Waals surface area (Å²) in [5.41, 5.74) is 0.928. The normalized spacial score (nSPS) is 11.9. The Bertz CT molecular complexity index is 643. The Kier molecular flexibility index (Phi) is 4.36. The minimum Gasteiger partial charge on any atom is -0.345 e. The van der Waals surface area contributed by atoms with Crippen LogP contribution in [0.15, 0.2) is 35.0 Å². The first-order valence-electron chi connectivity index (χ1n) is 5.76. The SMILES string of the molecule is CC(NC(=O)c1ccc(Cl)c([N+](=O)[O-])c1)c1ccsc1. The van der Waals surface area contributed by atoms with Gasteiger partial charge in [-0.2, -0.15) is 11.3 Å². The third-order valence-electron chi connectivity index (χ3n) is 2.80. The molecule has 0 saturated carbocycles. The first kappa shape index (κ1) is 14.5. The van der Waals surface area contributed by atoms with Crippen molar-refractivity contribution in [3.05, 3.63) is 61.3 Å². The van der Waals surface area contributed by atoms with Crippen LogP contribution in [0.4, 0.5) is 5.69 Å². The third kappa shape index (κ3) is 3.15. The molecular weight excluding hydrogens is 300 g/mol. The van der Waals surface area contributed by atoms with E-state index >= 15 is 0 Å². The van der Waals surface area contributed by atoms with Crippen molar-refractivity contribution in [3.8, 4) is 0 Å². The van der Waals surface area contributed by atoms with E-state index in [1.165, 1.54) is 18.2 Å². The molecule has 0 bridgehead atoms. The van der Waals surface area contributed by atoms with Crippen LogP contribution >= 0.6 is 22.9 Å². The van der Waals surface area contributed by atoms with Crippen LogP contribution in [0.3, 0.4) is 0 Å². The van der Waals surface area contributed by atoms with Crippen molar-refractivity contribution in [3.63, 3.8) is 0 Å². The summed E-state index contributed by atoms with van der Waals surface area (Å²) >= 11 is 7.25. The van der Waals surface area contributed by atoms with Gasteiger partial charge in [0, 0.05) is 11.6 Å². The van der Waals surface area contributed by atoms with Gasteiger partial charge in [0.05, 0.1) is 11.0 Å². The monoisotopic (exact) mass is 310 g/mol. The Morgan fingerprint density at radius 1 is 1.45 bits per heavy atom. The van der Waals surface area contributed by atoms with Crippen LogP contribution in [0.2, 0.25) is 5.02 Å². The van der Waals surface area contributed by atoms with Gasteiger partial charge in [-0.3, -0.25) is 14.9 Å². The Hall–Kier alpha value is -1.92. The van der Waals surface area contributed by atoms with Crippen molar-refractivity contribution < 1.29 is 9.72 Å². The maximum Gasteiger partial charge on any atom is 0.288 e. The number of nitro groups is 1. The van der Waals surface area contributed by atoms with Gasteiger partial charge in [-0.25, -0.2) is 0 Å². The molecule has 2 rings (SSSR count). The van der Waals surface area contributed by atoms with Gasteiger partial charge in [0.2, 0.25) is 0 Å². The number of rotatable bonds is 4. The largest absolute Gasteiger partial charge is 0.345 e. The molecule has 0 spiro atoms. The molecule has 5 nitrogen and oxygen atoms in total. The van der Waals surface area contributed by atoms with E-state index in [-0.39, 0.29) is 28.2 Å². The molecule has 0 aliphatic carbocycles. The first-order chi connectivity index (χ1) is 9.49. The van der Waals surface area contributed by atoms with E-state index in [1.807, 2.05) is 23.8 Å². The fourth-order valence-electron chi connectivity index (χ4n) is 1.68. The van der Waals surface area contributed by atoms with E-state index in [9.17, 15) is 14.9 Å². The van der Waals surface area contributed by atoms with Crippen LogP contribution < -0.4 is 5.32 Å². The van der Waals surface area contributed by atoms with Gasteiger partial charge in [-0.05, 0) is 41.4 Å². The van der Waals surface area contributed by atoms with E-state index in [4.69, 9.17) is 11.6 Å².